The molecule has 126 valence electrons. The van der Waals surface area contributed by atoms with Crippen LogP contribution in [0.3, 0.4) is 0 Å². The summed E-state index contributed by atoms with van der Waals surface area (Å²) in [6, 6.07) is 10.5. The van der Waals surface area contributed by atoms with Gasteiger partial charge < -0.3 is 5.32 Å². The van der Waals surface area contributed by atoms with Gasteiger partial charge in [0.2, 0.25) is 5.91 Å². The van der Waals surface area contributed by atoms with Crippen LogP contribution in [0.1, 0.15) is 24.8 Å². The van der Waals surface area contributed by atoms with E-state index in [0.717, 1.165) is 25.8 Å². The lowest BCUT2D eigenvalue weighted by atomic mass is 10.0. The van der Waals surface area contributed by atoms with Crippen molar-refractivity contribution in [3.63, 3.8) is 0 Å². The maximum Gasteiger partial charge on any atom is 0.234 e. The fraction of sp³-hybridized carbons (Fsp3) is 0.588. The molecule has 0 spiro atoms. The highest BCUT2D eigenvalue weighted by molar-refractivity contribution is 7.91. The summed E-state index contributed by atoms with van der Waals surface area (Å²) in [6.45, 7) is 1.31. The molecular weight excluding hydrogens is 312 g/mol. The summed E-state index contributed by atoms with van der Waals surface area (Å²) >= 11 is 0. The van der Waals surface area contributed by atoms with Crippen LogP contribution >= 0.6 is 0 Å². The quantitative estimate of drug-likeness (QED) is 0.871. The van der Waals surface area contributed by atoms with Gasteiger partial charge in [0.05, 0.1) is 18.1 Å². The van der Waals surface area contributed by atoms with E-state index < -0.39 is 9.84 Å². The van der Waals surface area contributed by atoms with Gasteiger partial charge in [0.1, 0.15) is 0 Å². The van der Waals surface area contributed by atoms with Crippen molar-refractivity contribution in [2.24, 2.45) is 0 Å². The lowest BCUT2D eigenvalue weighted by Gasteiger charge is -2.24. The third-order valence-corrected chi connectivity index (χ3v) is 6.53. The topological polar surface area (TPSA) is 66.5 Å². The van der Waals surface area contributed by atoms with Crippen molar-refractivity contribution in [1.29, 1.82) is 0 Å². The van der Waals surface area contributed by atoms with Gasteiger partial charge in [0.25, 0.3) is 0 Å². The maximum atomic E-state index is 12.2. The molecule has 2 atom stereocenters. The van der Waals surface area contributed by atoms with E-state index in [1.54, 1.807) is 0 Å². The Balaban J connectivity index is 1.51. The Hall–Kier alpha value is -1.40. The van der Waals surface area contributed by atoms with Crippen LogP contribution in [0.25, 0.3) is 0 Å². The van der Waals surface area contributed by atoms with Crippen LogP contribution in [0, 0.1) is 0 Å². The van der Waals surface area contributed by atoms with Crippen molar-refractivity contribution in [2.45, 2.75) is 37.8 Å². The van der Waals surface area contributed by atoms with Crippen molar-refractivity contribution in [1.82, 2.24) is 10.2 Å². The Kier molecular flexibility index (Phi) is 5.02. The number of amides is 1. The Morgan fingerprint density at radius 1 is 1.22 bits per heavy atom. The van der Waals surface area contributed by atoms with E-state index >= 15 is 0 Å². The van der Waals surface area contributed by atoms with Crippen LogP contribution in [-0.4, -0.2) is 55.9 Å². The zero-order chi connectivity index (χ0) is 16.3. The van der Waals surface area contributed by atoms with E-state index in [-0.39, 0.29) is 23.5 Å². The lowest BCUT2D eigenvalue weighted by molar-refractivity contribution is -0.123. The second kappa shape index (κ2) is 7.01. The average molecular weight is 336 g/mol. The van der Waals surface area contributed by atoms with Crippen LogP contribution < -0.4 is 5.32 Å². The van der Waals surface area contributed by atoms with Crippen molar-refractivity contribution in [3.8, 4) is 0 Å². The Bertz CT molecular complexity index is 645. The van der Waals surface area contributed by atoms with Gasteiger partial charge in [0, 0.05) is 12.1 Å². The molecule has 0 unspecified atom stereocenters. The molecule has 0 saturated carbocycles. The Labute approximate surface area is 138 Å². The summed E-state index contributed by atoms with van der Waals surface area (Å²) in [6.07, 6.45) is 3.73. The van der Waals surface area contributed by atoms with Crippen molar-refractivity contribution >= 4 is 15.7 Å². The molecular formula is C17H24N2O3S. The first-order chi connectivity index (χ1) is 11.0. The van der Waals surface area contributed by atoms with Crippen molar-refractivity contribution in [2.75, 3.05) is 24.6 Å². The van der Waals surface area contributed by atoms with Gasteiger partial charge in [-0.05, 0) is 37.8 Å². The third kappa shape index (κ3) is 4.54. The van der Waals surface area contributed by atoms with E-state index in [9.17, 15) is 13.2 Å². The Morgan fingerprint density at radius 3 is 2.70 bits per heavy atom. The van der Waals surface area contributed by atoms with Crippen LogP contribution in [0.15, 0.2) is 30.3 Å². The molecule has 2 saturated heterocycles. The van der Waals surface area contributed by atoms with Gasteiger partial charge in [-0.2, -0.15) is 0 Å². The number of likely N-dealkylation sites (tertiary alicyclic amines) is 1. The molecule has 0 aliphatic carbocycles. The van der Waals surface area contributed by atoms with Gasteiger partial charge >= 0.3 is 0 Å². The summed E-state index contributed by atoms with van der Waals surface area (Å²) in [5.74, 6) is 0.233. The van der Waals surface area contributed by atoms with Crippen molar-refractivity contribution in [3.05, 3.63) is 35.9 Å². The normalized spacial score (nSPS) is 27.1. The molecule has 2 fully saturated rings. The number of carbonyl (C=O) groups excluding carboxylic acids is 1. The van der Waals surface area contributed by atoms with E-state index in [2.05, 4.69) is 22.3 Å². The number of carbonyl (C=O) groups is 1. The minimum absolute atomic E-state index is 0.0490. The van der Waals surface area contributed by atoms with Gasteiger partial charge in [-0.25, -0.2) is 8.42 Å². The second-order valence-electron chi connectivity index (χ2n) is 6.62. The summed E-state index contributed by atoms with van der Waals surface area (Å²) in [5, 5.41) is 2.89. The summed E-state index contributed by atoms with van der Waals surface area (Å²) in [4.78, 5) is 14.4. The number of rotatable bonds is 5. The SMILES string of the molecule is O=C(CN1CCC[C@@H]1Cc1ccccc1)N[C@@H]1CCS(=O)(=O)C1. The highest BCUT2D eigenvalue weighted by atomic mass is 32.2. The molecule has 6 heteroatoms. The van der Waals surface area contributed by atoms with E-state index in [1.165, 1.54) is 5.56 Å². The van der Waals surface area contributed by atoms with Crippen molar-refractivity contribution < 1.29 is 13.2 Å². The molecule has 23 heavy (non-hydrogen) atoms. The summed E-state index contributed by atoms with van der Waals surface area (Å²) in [7, 11) is -2.95. The molecule has 1 amide bonds. The maximum absolute atomic E-state index is 12.2. The van der Waals surface area contributed by atoms with Crippen LogP contribution in [-0.2, 0) is 21.1 Å². The standard InChI is InChI=1S/C17H24N2O3S/c20-17(18-15-8-10-23(21,22)13-15)12-19-9-4-7-16(19)11-14-5-2-1-3-6-14/h1-3,5-6,15-16H,4,7-13H2,(H,18,20)/t15-,16-/m1/s1. The minimum atomic E-state index is -2.95. The fourth-order valence-corrected chi connectivity index (χ4v) is 5.26. The van der Waals surface area contributed by atoms with E-state index in [0.29, 0.717) is 19.0 Å². The minimum Gasteiger partial charge on any atom is -0.351 e. The number of hydrogen-bond acceptors (Lipinski definition) is 4. The van der Waals surface area contributed by atoms with Gasteiger partial charge in [-0.15, -0.1) is 0 Å². The predicted molar refractivity (Wildman–Crippen MR) is 89.9 cm³/mol. The molecule has 1 aromatic carbocycles. The molecule has 0 radical (unpaired) electrons. The molecule has 2 aliphatic heterocycles. The number of hydrogen-bond donors (Lipinski definition) is 1. The first-order valence-corrected chi connectivity index (χ1v) is 10.1. The van der Waals surface area contributed by atoms with E-state index in [1.807, 2.05) is 18.2 Å². The monoisotopic (exact) mass is 336 g/mol. The fourth-order valence-electron chi connectivity index (χ4n) is 3.59. The molecule has 2 heterocycles. The predicted octanol–water partition coefficient (Wildman–Crippen LogP) is 0.997. The molecule has 0 aromatic heterocycles. The number of nitrogens with zero attached hydrogens (tertiary/aromatic N) is 1. The molecule has 0 bridgehead atoms. The molecule has 1 aromatic rings. The number of sulfone groups is 1. The largest absolute Gasteiger partial charge is 0.351 e. The van der Waals surface area contributed by atoms with Crippen LogP contribution in [0.2, 0.25) is 0 Å². The zero-order valence-corrected chi connectivity index (χ0v) is 14.1. The summed E-state index contributed by atoms with van der Waals surface area (Å²) < 4.78 is 22.9. The summed E-state index contributed by atoms with van der Waals surface area (Å²) in [5.41, 5.74) is 1.30. The first kappa shape index (κ1) is 16.5. The van der Waals surface area contributed by atoms with Gasteiger partial charge in [-0.1, -0.05) is 30.3 Å². The van der Waals surface area contributed by atoms with Gasteiger partial charge in [-0.3, -0.25) is 9.69 Å². The lowest BCUT2D eigenvalue weighted by Crippen LogP contribution is -2.44. The molecule has 3 rings (SSSR count). The van der Waals surface area contributed by atoms with E-state index in [4.69, 9.17) is 0 Å². The highest BCUT2D eigenvalue weighted by Gasteiger charge is 2.31. The van der Waals surface area contributed by atoms with Crippen LogP contribution in [0.4, 0.5) is 0 Å². The Morgan fingerprint density at radius 2 is 2.00 bits per heavy atom. The third-order valence-electron chi connectivity index (χ3n) is 4.76. The molecule has 5 nitrogen and oxygen atoms in total. The first-order valence-electron chi connectivity index (χ1n) is 8.29. The second-order valence-corrected chi connectivity index (χ2v) is 8.85. The van der Waals surface area contributed by atoms with Crippen LogP contribution in [0.5, 0.6) is 0 Å². The average Bonchev–Trinajstić information content (AvgIpc) is 3.06. The van der Waals surface area contributed by atoms with Gasteiger partial charge in [0.15, 0.2) is 9.84 Å². The highest BCUT2D eigenvalue weighted by Crippen LogP contribution is 2.21. The molecule has 2 aliphatic rings. The smallest absolute Gasteiger partial charge is 0.234 e. The molecule has 1 N–H and O–H groups in total. The number of benzene rings is 1. The number of nitrogens with one attached hydrogen (secondary N) is 1. The zero-order valence-electron chi connectivity index (χ0n) is 13.3.